The van der Waals surface area contributed by atoms with Crippen LogP contribution in [0.15, 0.2) is 144 Å². The molecule has 0 saturated carbocycles. The molecule has 0 amide bonds. The summed E-state index contributed by atoms with van der Waals surface area (Å²) >= 11 is 0. The molecule has 0 fully saturated rings. The zero-order valence-electron chi connectivity index (χ0n) is 68.3. The Morgan fingerprint density at radius 3 is 0.605 bits per heavy atom. The fraction of sp³-hybridized carbons (Fsp3) is 0.480. The van der Waals surface area contributed by atoms with E-state index in [9.17, 15) is 40.2 Å². The number of aromatic nitrogens is 2. The Morgan fingerprint density at radius 2 is 0.430 bits per heavy atom. The maximum Gasteiger partial charge on any atom is 0.349 e. The Labute approximate surface area is 678 Å². The minimum absolute atomic E-state index is 0.136. The van der Waals surface area contributed by atoms with Crippen LogP contribution in [0.1, 0.15) is 315 Å². The summed E-state index contributed by atoms with van der Waals surface area (Å²) in [7, 11) is 0. The zero-order valence-corrected chi connectivity index (χ0v) is 68.3. The summed E-state index contributed by atoms with van der Waals surface area (Å²) in [4.78, 5) is 54.7. The van der Waals surface area contributed by atoms with Gasteiger partial charge in [-0.1, -0.05) is 331 Å². The van der Waals surface area contributed by atoms with Crippen LogP contribution < -0.4 is 0 Å². The molecule has 0 atom stereocenters. The summed E-state index contributed by atoms with van der Waals surface area (Å²) < 4.78 is 27.4. The first-order chi connectivity index (χ1) is 56.0. The van der Waals surface area contributed by atoms with Crippen molar-refractivity contribution < 1.29 is 38.1 Å². The maximum atomic E-state index is 13.7. The fourth-order valence-electron chi connectivity index (χ4n) is 15.8. The first-order valence-corrected chi connectivity index (χ1v) is 43.4. The number of nitrogens with zero attached hydrogens (tertiary/aromatic N) is 6. The molecule has 600 valence electrons. The monoisotopic (exact) mass is 1530 g/mol. The van der Waals surface area contributed by atoms with E-state index in [1.54, 1.807) is 48.5 Å². The van der Waals surface area contributed by atoms with Gasteiger partial charge in [0.2, 0.25) is 0 Å². The minimum Gasteiger partial charge on any atom is -0.457 e. The Kier molecular flexibility index (Phi) is 38.5. The van der Waals surface area contributed by atoms with Gasteiger partial charge in [-0.3, -0.25) is 0 Å². The van der Waals surface area contributed by atoms with Crippen molar-refractivity contribution in [1.82, 2.24) is 9.13 Å². The number of nitriles is 4. The molecular weight excluding hydrogens is 1410 g/mol. The van der Waals surface area contributed by atoms with E-state index in [1.165, 1.54) is 243 Å². The van der Waals surface area contributed by atoms with Gasteiger partial charge >= 0.3 is 23.9 Å². The Hall–Kier alpha value is -10.3. The SMILES string of the molecule is CCCCCCCCCCCCCCCCCCCCCCn1c2ccc3cc2c2cc(ccc21)C=C(C#N)C(=O)OCc1ccc(cc1)COC(=O)/C(C#N)=C\c1ccc2c(c1)c1cc(ccc1n2CCCCCCCCCCCCCCCCCCCCCC)C=C(C#N)C(=O)OCc1ccc(cc1)COC(=O)C(C#N)=C3. The van der Waals surface area contributed by atoms with E-state index in [1.807, 2.05) is 97.1 Å². The lowest BCUT2D eigenvalue weighted by atomic mass is 10.0. The van der Waals surface area contributed by atoms with E-state index in [2.05, 4.69) is 23.0 Å². The molecule has 14 nitrogen and oxygen atoms in total. The molecular formula is C100H122N6O8. The lowest BCUT2D eigenvalue weighted by Gasteiger charge is -2.09. The average molecular weight is 1540 g/mol. The predicted molar refractivity (Wildman–Crippen MR) is 461 cm³/mol. The summed E-state index contributed by atoms with van der Waals surface area (Å²) in [6.07, 6.45) is 58.3. The highest BCUT2D eigenvalue weighted by Gasteiger charge is 2.21. The number of benzene rings is 6. The van der Waals surface area contributed by atoms with Gasteiger partial charge in [0.05, 0.1) is 0 Å². The first kappa shape index (κ1) is 87.7. The molecule has 0 saturated heterocycles. The molecule has 12 bridgehead atoms. The molecule has 0 aliphatic carbocycles. The molecule has 6 heterocycles. The molecule has 4 aliphatic rings. The van der Waals surface area contributed by atoms with E-state index < -0.39 is 23.9 Å². The van der Waals surface area contributed by atoms with Crippen LogP contribution in [0.3, 0.4) is 0 Å². The molecule has 4 aliphatic heterocycles. The van der Waals surface area contributed by atoms with E-state index >= 15 is 0 Å². The number of carbonyl (C=O) groups is 4. The predicted octanol–water partition coefficient (Wildman–Crippen LogP) is 26.5. The van der Waals surface area contributed by atoms with Crippen molar-refractivity contribution in [2.75, 3.05) is 0 Å². The van der Waals surface area contributed by atoms with Crippen molar-refractivity contribution in [3.8, 4) is 24.3 Å². The number of hydrogen-bond acceptors (Lipinski definition) is 12. The second-order valence-corrected chi connectivity index (χ2v) is 31.5. The van der Waals surface area contributed by atoms with E-state index in [4.69, 9.17) is 18.9 Å². The number of aryl methyl sites for hydroxylation is 2. The summed E-state index contributed by atoms with van der Waals surface area (Å²) in [5.74, 6) is -3.21. The van der Waals surface area contributed by atoms with E-state index in [0.29, 0.717) is 44.5 Å². The van der Waals surface area contributed by atoms with Gasteiger partial charge in [-0.15, -0.1) is 0 Å². The number of hydrogen-bond donors (Lipinski definition) is 0. The maximum absolute atomic E-state index is 13.7. The molecule has 14 heteroatoms. The van der Waals surface area contributed by atoms with Crippen LogP contribution >= 0.6 is 0 Å². The second kappa shape index (κ2) is 50.1. The van der Waals surface area contributed by atoms with Crippen molar-refractivity contribution in [2.24, 2.45) is 0 Å². The molecule has 0 spiro atoms. The first-order valence-electron chi connectivity index (χ1n) is 43.4. The van der Waals surface area contributed by atoms with Crippen LogP contribution in [0.2, 0.25) is 0 Å². The molecule has 8 aromatic rings. The van der Waals surface area contributed by atoms with Crippen molar-refractivity contribution in [1.29, 1.82) is 21.0 Å². The Balaban J connectivity index is 0.854. The van der Waals surface area contributed by atoms with Gasteiger partial charge in [-0.05, 0) is 130 Å². The van der Waals surface area contributed by atoms with Gasteiger partial charge in [-0.2, -0.15) is 21.0 Å². The molecule has 12 rings (SSSR count). The number of ether oxygens (including phenoxy) is 4. The Bertz CT molecular complexity index is 4160. The number of carbonyl (C=O) groups excluding carboxylic acids is 4. The zero-order chi connectivity index (χ0) is 80.2. The third kappa shape index (κ3) is 28.7. The summed E-state index contributed by atoms with van der Waals surface area (Å²) in [5, 5.41) is 45.0. The largest absolute Gasteiger partial charge is 0.457 e. The minimum atomic E-state index is -0.803. The molecule has 2 aromatic heterocycles. The highest BCUT2D eigenvalue weighted by Crippen LogP contribution is 2.36. The van der Waals surface area contributed by atoms with E-state index in [-0.39, 0.29) is 48.7 Å². The van der Waals surface area contributed by atoms with Gasteiger partial charge in [0.25, 0.3) is 0 Å². The van der Waals surface area contributed by atoms with Crippen molar-refractivity contribution in [2.45, 2.75) is 310 Å². The highest BCUT2D eigenvalue weighted by atomic mass is 16.5. The molecule has 0 N–H and O–H groups in total. The molecule has 0 unspecified atom stereocenters. The van der Waals surface area contributed by atoms with Gasteiger partial charge in [0.15, 0.2) is 0 Å². The van der Waals surface area contributed by atoms with E-state index in [0.717, 1.165) is 95.2 Å². The number of rotatable bonds is 42. The van der Waals surface area contributed by atoms with Gasteiger partial charge in [-0.25, -0.2) is 19.2 Å². The van der Waals surface area contributed by atoms with Crippen LogP contribution in [0.5, 0.6) is 0 Å². The summed E-state index contributed by atoms with van der Waals surface area (Å²) in [5.41, 5.74) is 7.99. The average Bonchev–Trinajstić information content (AvgIpc) is 1.61. The van der Waals surface area contributed by atoms with Crippen LogP contribution in [-0.2, 0) is 77.6 Å². The smallest absolute Gasteiger partial charge is 0.349 e. The standard InChI is InChI=1S/C100H122N6O8/c1-3-5-7-9-11-13-15-17-19-21-23-25-27-29-31-33-35-37-39-41-59-105-93-55-51-81-61-85(69-101)97(107)111-73-77-43-47-79(48-44-77)75-113-99(109)87(71-103)63-83-53-57-95-91(67-83)92-68-84(54-58-96(92)106(95)60-42-40-38-36-34-32-30-28-26-24-22-20-18-16-14-12-10-8-6-4-2)64-88(72-104)100(110)114-76-80-49-45-78(46-50-80)74-112-98(108)86(70-102)62-82-52-56-94(105)90(66-82)89(93)65-81/h43-58,61-68H,3-42,59-60,73-76H2,1-2H3/b85-61-,86-62?,87-63?,88-64?. The summed E-state index contributed by atoms with van der Waals surface area (Å²) in [6, 6.07) is 45.4. The summed E-state index contributed by atoms with van der Waals surface area (Å²) in [6.45, 7) is 5.53. The lowest BCUT2D eigenvalue weighted by molar-refractivity contribution is -0.140. The topological polar surface area (TPSA) is 210 Å². The fourth-order valence-corrected chi connectivity index (χ4v) is 15.8. The van der Waals surface area contributed by atoms with Crippen molar-refractivity contribution >= 4 is 91.8 Å². The molecule has 114 heavy (non-hydrogen) atoms. The molecule has 6 aromatic carbocycles. The van der Waals surface area contributed by atoms with Gasteiger partial charge < -0.3 is 28.1 Å². The third-order valence-corrected chi connectivity index (χ3v) is 22.4. The third-order valence-electron chi connectivity index (χ3n) is 22.4. The second-order valence-electron chi connectivity index (χ2n) is 31.5. The Morgan fingerprint density at radius 1 is 0.254 bits per heavy atom. The van der Waals surface area contributed by atoms with Gasteiger partial charge in [0.1, 0.15) is 73.0 Å². The van der Waals surface area contributed by atoms with Crippen molar-refractivity contribution in [3.63, 3.8) is 0 Å². The van der Waals surface area contributed by atoms with Crippen LogP contribution in [0.4, 0.5) is 0 Å². The lowest BCUT2D eigenvalue weighted by Crippen LogP contribution is -2.08. The van der Waals surface area contributed by atoms with Crippen LogP contribution in [0.25, 0.3) is 67.9 Å². The van der Waals surface area contributed by atoms with Crippen LogP contribution in [-0.4, -0.2) is 33.0 Å². The quantitative estimate of drug-likeness (QED) is 0.0199. The van der Waals surface area contributed by atoms with Crippen molar-refractivity contribution in [3.05, 3.63) is 188 Å². The number of unbranched alkanes of at least 4 members (excludes halogenated alkanes) is 38. The molecule has 0 radical (unpaired) electrons. The van der Waals surface area contributed by atoms with Gasteiger partial charge in [0, 0.05) is 56.7 Å². The normalized spacial score (nSPS) is 13.9. The highest BCUT2D eigenvalue weighted by molar-refractivity contribution is 6.12. The van der Waals surface area contributed by atoms with Crippen LogP contribution in [0, 0.1) is 45.3 Å². The number of esters is 4.